The lowest BCUT2D eigenvalue weighted by atomic mass is 9.67. The number of likely N-dealkylation sites (tertiary alicyclic amines) is 1. The average molecular weight is 568 g/mol. The number of nitrogens with one attached hydrogen (secondary N) is 1. The quantitative estimate of drug-likeness (QED) is 0.408. The highest BCUT2D eigenvalue weighted by atomic mass is 35.5. The zero-order valence-electron chi connectivity index (χ0n) is 20.9. The van der Waals surface area contributed by atoms with Crippen molar-refractivity contribution >= 4 is 45.1 Å². The van der Waals surface area contributed by atoms with Crippen LogP contribution >= 0.6 is 23.2 Å². The van der Waals surface area contributed by atoms with Crippen molar-refractivity contribution in [1.82, 2.24) is 9.62 Å². The smallest absolute Gasteiger partial charge is 0.304 e. The van der Waals surface area contributed by atoms with Crippen LogP contribution in [-0.2, 0) is 19.6 Å². The molecule has 1 amide bonds. The lowest BCUT2D eigenvalue weighted by Gasteiger charge is -2.52. The van der Waals surface area contributed by atoms with Gasteiger partial charge in [-0.15, -0.1) is 0 Å². The number of halogens is 2. The van der Waals surface area contributed by atoms with Crippen LogP contribution in [0.5, 0.6) is 0 Å². The summed E-state index contributed by atoms with van der Waals surface area (Å²) in [4.78, 5) is 28.0. The van der Waals surface area contributed by atoms with Crippen LogP contribution in [0.1, 0.15) is 62.6 Å². The normalized spacial score (nSPS) is 25.2. The number of carbonyl (C=O) groups excluding carboxylic acids is 1. The molecule has 4 atom stereocenters. The zero-order valence-corrected chi connectivity index (χ0v) is 23.2. The molecule has 0 spiro atoms. The summed E-state index contributed by atoms with van der Waals surface area (Å²) < 4.78 is 27.4. The molecule has 2 fully saturated rings. The van der Waals surface area contributed by atoms with Crippen LogP contribution in [0.15, 0.2) is 48.5 Å². The van der Waals surface area contributed by atoms with Crippen molar-refractivity contribution in [2.45, 2.75) is 57.5 Å². The minimum absolute atomic E-state index is 0.0686. The van der Waals surface area contributed by atoms with Crippen molar-refractivity contribution in [3.8, 4) is 0 Å². The first kappa shape index (κ1) is 27.9. The molecule has 4 rings (SSSR count). The summed E-state index contributed by atoms with van der Waals surface area (Å²) in [6.45, 7) is 3.34. The number of amides is 1. The zero-order chi connectivity index (χ0) is 27.0. The first-order chi connectivity index (χ1) is 17.4. The predicted octanol–water partition coefficient (Wildman–Crippen LogP) is 5.25. The first-order valence-electron chi connectivity index (χ1n) is 12.5. The summed E-state index contributed by atoms with van der Waals surface area (Å²) in [5.41, 5.74) is 0.563. The Kier molecular flexibility index (Phi) is 8.24. The summed E-state index contributed by atoms with van der Waals surface area (Å²) in [5, 5.41) is 10.9. The summed E-state index contributed by atoms with van der Waals surface area (Å²) in [7, 11) is -3.50. The van der Waals surface area contributed by atoms with Crippen molar-refractivity contribution in [2.75, 3.05) is 12.3 Å². The third-order valence-electron chi connectivity index (χ3n) is 7.55. The molecule has 2 unspecified atom stereocenters. The van der Waals surface area contributed by atoms with E-state index in [-0.39, 0.29) is 36.5 Å². The van der Waals surface area contributed by atoms with E-state index in [0.717, 1.165) is 24.0 Å². The standard InChI is InChI=1S/C27H32Cl2N2O5S/c1-3-37(35,36)30-16-23(17-7-8-17)31-25(18-9-11-20(28)12-10-18)22(19-5-4-6-21(29)13-19)14-27(2,26(31)34)15-24(32)33/h4-6,9-13,17,22-23,25,30H,3,7-8,14-16H2,1-2H3,(H,32,33)/t22?,23-,25?,27-/m1/s1. The third-order valence-corrected chi connectivity index (χ3v) is 9.40. The highest BCUT2D eigenvalue weighted by molar-refractivity contribution is 7.89. The molecular weight excluding hydrogens is 535 g/mol. The van der Waals surface area contributed by atoms with Gasteiger partial charge in [-0.05, 0) is 67.5 Å². The second kappa shape index (κ2) is 10.9. The summed E-state index contributed by atoms with van der Waals surface area (Å²) in [6, 6.07) is 13.8. The Morgan fingerprint density at radius 2 is 1.81 bits per heavy atom. The molecule has 0 aromatic heterocycles. The fourth-order valence-corrected chi connectivity index (χ4v) is 6.49. The Morgan fingerprint density at radius 1 is 1.14 bits per heavy atom. The van der Waals surface area contributed by atoms with E-state index >= 15 is 0 Å². The number of nitrogens with zero attached hydrogens (tertiary/aromatic N) is 1. The number of benzene rings is 2. The molecule has 2 N–H and O–H groups in total. The summed E-state index contributed by atoms with van der Waals surface area (Å²) in [6.07, 6.45) is 1.71. The van der Waals surface area contributed by atoms with Crippen molar-refractivity contribution < 1.29 is 23.1 Å². The molecule has 10 heteroatoms. The fraction of sp³-hybridized carbons (Fsp3) is 0.481. The van der Waals surface area contributed by atoms with Gasteiger partial charge in [0, 0.05) is 28.5 Å². The molecule has 1 saturated carbocycles. The number of rotatable bonds is 10. The van der Waals surface area contributed by atoms with Crippen molar-refractivity contribution in [3.05, 3.63) is 69.7 Å². The average Bonchev–Trinajstić information content (AvgIpc) is 3.67. The summed E-state index contributed by atoms with van der Waals surface area (Å²) >= 11 is 12.6. The maximum absolute atomic E-state index is 14.3. The van der Waals surface area contributed by atoms with Crippen LogP contribution in [-0.4, -0.2) is 48.6 Å². The molecule has 7 nitrogen and oxygen atoms in total. The first-order valence-corrected chi connectivity index (χ1v) is 14.9. The summed E-state index contributed by atoms with van der Waals surface area (Å²) in [5.74, 6) is -1.56. The topological polar surface area (TPSA) is 104 Å². The van der Waals surface area contributed by atoms with Crippen molar-refractivity contribution in [3.63, 3.8) is 0 Å². The minimum atomic E-state index is -3.50. The van der Waals surface area contributed by atoms with Gasteiger partial charge < -0.3 is 10.0 Å². The highest BCUT2D eigenvalue weighted by Crippen LogP contribution is 2.53. The molecule has 2 aromatic rings. The Bertz CT molecular complexity index is 1270. The number of carboxylic acids is 1. The van der Waals surface area contributed by atoms with E-state index in [0.29, 0.717) is 16.5 Å². The lowest BCUT2D eigenvalue weighted by Crippen LogP contribution is -2.59. The molecule has 2 aliphatic rings. The van der Waals surface area contributed by atoms with Gasteiger partial charge in [0.1, 0.15) is 0 Å². The SMILES string of the molecule is CCS(=O)(=O)NC[C@H](C1CC1)N1C(=O)[C@@](C)(CC(=O)O)CC(c2cccc(Cl)c2)C1c1ccc(Cl)cc1. The van der Waals surface area contributed by atoms with Gasteiger partial charge in [-0.25, -0.2) is 13.1 Å². The van der Waals surface area contributed by atoms with Gasteiger partial charge >= 0.3 is 5.97 Å². The minimum Gasteiger partial charge on any atom is -0.481 e. The molecule has 1 aliphatic heterocycles. The van der Waals surface area contributed by atoms with Crippen LogP contribution in [0.2, 0.25) is 10.0 Å². The number of sulfonamides is 1. The van der Waals surface area contributed by atoms with Crippen LogP contribution in [0.3, 0.4) is 0 Å². The van der Waals surface area contributed by atoms with Crippen LogP contribution in [0.25, 0.3) is 0 Å². The predicted molar refractivity (Wildman–Crippen MR) is 144 cm³/mol. The molecule has 1 saturated heterocycles. The van der Waals surface area contributed by atoms with Gasteiger partial charge in [0.25, 0.3) is 0 Å². The fourth-order valence-electron chi connectivity index (χ4n) is 5.53. The van der Waals surface area contributed by atoms with Gasteiger partial charge in [0.15, 0.2) is 0 Å². The highest BCUT2D eigenvalue weighted by Gasteiger charge is 2.54. The number of aliphatic carboxylic acids is 1. The van der Waals surface area contributed by atoms with Gasteiger partial charge in [0.05, 0.1) is 23.6 Å². The monoisotopic (exact) mass is 566 g/mol. The molecule has 200 valence electrons. The molecule has 2 aromatic carbocycles. The second-order valence-corrected chi connectivity index (χ2v) is 13.3. The van der Waals surface area contributed by atoms with Crippen molar-refractivity contribution in [1.29, 1.82) is 0 Å². The van der Waals surface area contributed by atoms with E-state index in [9.17, 15) is 23.1 Å². The van der Waals surface area contributed by atoms with Gasteiger partial charge in [-0.1, -0.05) is 54.4 Å². The molecule has 1 heterocycles. The van der Waals surface area contributed by atoms with E-state index in [2.05, 4.69) is 4.72 Å². The van der Waals surface area contributed by atoms with Gasteiger partial charge in [-0.3, -0.25) is 9.59 Å². The van der Waals surface area contributed by atoms with Gasteiger partial charge in [-0.2, -0.15) is 0 Å². The number of hydrogen-bond donors (Lipinski definition) is 2. The Morgan fingerprint density at radius 3 is 2.38 bits per heavy atom. The van der Waals surface area contributed by atoms with Crippen LogP contribution < -0.4 is 4.72 Å². The van der Waals surface area contributed by atoms with E-state index < -0.39 is 33.5 Å². The van der Waals surface area contributed by atoms with E-state index in [1.54, 1.807) is 36.9 Å². The lowest BCUT2D eigenvalue weighted by molar-refractivity contribution is -0.161. The Balaban J connectivity index is 1.88. The van der Waals surface area contributed by atoms with Gasteiger partial charge in [0.2, 0.25) is 15.9 Å². The number of carbonyl (C=O) groups is 2. The third kappa shape index (κ3) is 6.30. The van der Waals surface area contributed by atoms with E-state index in [1.807, 2.05) is 30.3 Å². The number of piperidine rings is 1. The van der Waals surface area contributed by atoms with Crippen LogP contribution in [0, 0.1) is 11.3 Å². The van der Waals surface area contributed by atoms with E-state index in [4.69, 9.17) is 23.2 Å². The van der Waals surface area contributed by atoms with Crippen LogP contribution in [0.4, 0.5) is 0 Å². The molecule has 1 aliphatic carbocycles. The largest absolute Gasteiger partial charge is 0.481 e. The Labute approximate surface area is 228 Å². The molecule has 37 heavy (non-hydrogen) atoms. The Hall–Kier alpha value is -2.13. The van der Waals surface area contributed by atoms with Crippen molar-refractivity contribution in [2.24, 2.45) is 11.3 Å². The maximum Gasteiger partial charge on any atom is 0.304 e. The number of carboxylic acid groups (broad SMARTS) is 1. The maximum atomic E-state index is 14.3. The molecule has 0 radical (unpaired) electrons. The van der Waals surface area contributed by atoms with E-state index in [1.165, 1.54) is 0 Å². The molecule has 0 bridgehead atoms. The number of hydrogen-bond acceptors (Lipinski definition) is 4. The second-order valence-electron chi connectivity index (χ2n) is 10.4. The molecular formula is C27H32Cl2N2O5S.